The lowest BCUT2D eigenvalue weighted by Gasteiger charge is -2.30. The zero-order chi connectivity index (χ0) is 13.9. The summed E-state index contributed by atoms with van der Waals surface area (Å²) in [6.07, 6.45) is 1.74. The van der Waals surface area contributed by atoms with Gasteiger partial charge in [0.05, 0.1) is 0 Å². The van der Waals surface area contributed by atoms with Gasteiger partial charge in [0.1, 0.15) is 12.1 Å². The molecular formula is C12H19N3O4. The summed E-state index contributed by atoms with van der Waals surface area (Å²) in [5, 5.41) is 5.36. The van der Waals surface area contributed by atoms with Crippen molar-refractivity contribution in [1.82, 2.24) is 15.5 Å². The van der Waals surface area contributed by atoms with Gasteiger partial charge < -0.3 is 15.4 Å². The predicted molar refractivity (Wildman–Crippen MR) is 66.3 cm³/mol. The van der Waals surface area contributed by atoms with Crippen molar-refractivity contribution in [3.8, 4) is 0 Å². The number of rotatable bonds is 4. The molecule has 2 aliphatic rings. The van der Waals surface area contributed by atoms with E-state index >= 15 is 0 Å². The van der Waals surface area contributed by atoms with Crippen molar-refractivity contribution in [3.63, 3.8) is 0 Å². The summed E-state index contributed by atoms with van der Waals surface area (Å²) in [6, 6.07) is -0.487. The van der Waals surface area contributed by atoms with Crippen LogP contribution in [0.1, 0.15) is 26.2 Å². The van der Waals surface area contributed by atoms with Gasteiger partial charge in [-0.15, -0.1) is 0 Å². The largest absolute Gasteiger partial charge is 0.381 e. The summed E-state index contributed by atoms with van der Waals surface area (Å²) in [5.41, 5.74) is -0.861. The highest BCUT2D eigenvalue weighted by atomic mass is 16.5. The Kier molecular flexibility index (Phi) is 4.04. The predicted octanol–water partition coefficient (Wildman–Crippen LogP) is -0.386. The van der Waals surface area contributed by atoms with Crippen LogP contribution < -0.4 is 10.6 Å². The van der Waals surface area contributed by atoms with Crippen molar-refractivity contribution in [2.45, 2.75) is 31.7 Å². The molecule has 0 aliphatic carbocycles. The lowest BCUT2D eigenvalue weighted by atomic mass is 9.90. The minimum absolute atomic E-state index is 0.215. The van der Waals surface area contributed by atoms with Crippen molar-refractivity contribution in [2.24, 2.45) is 0 Å². The topological polar surface area (TPSA) is 87.7 Å². The van der Waals surface area contributed by atoms with Gasteiger partial charge in [0.15, 0.2) is 0 Å². The van der Waals surface area contributed by atoms with Gasteiger partial charge in [-0.1, -0.05) is 6.92 Å². The molecule has 2 fully saturated rings. The van der Waals surface area contributed by atoms with Crippen molar-refractivity contribution >= 4 is 17.8 Å². The Morgan fingerprint density at radius 1 is 1.42 bits per heavy atom. The molecule has 2 aliphatic heterocycles. The second-order valence-corrected chi connectivity index (χ2v) is 4.87. The third-order valence-corrected chi connectivity index (χ3v) is 3.47. The minimum atomic E-state index is -0.861. The van der Waals surface area contributed by atoms with E-state index in [2.05, 4.69) is 10.6 Å². The molecule has 2 heterocycles. The lowest BCUT2D eigenvalue weighted by molar-refractivity contribution is -0.137. The van der Waals surface area contributed by atoms with Crippen LogP contribution in [0.15, 0.2) is 0 Å². The first-order valence-corrected chi connectivity index (χ1v) is 6.57. The molecule has 7 nitrogen and oxygen atoms in total. The van der Waals surface area contributed by atoms with Crippen LogP contribution in [0.4, 0.5) is 4.79 Å². The van der Waals surface area contributed by atoms with Crippen molar-refractivity contribution < 1.29 is 19.1 Å². The molecule has 4 amide bonds. The molecule has 106 valence electrons. The van der Waals surface area contributed by atoms with Gasteiger partial charge in [0, 0.05) is 32.6 Å². The maximum absolute atomic E-state index is 12.3. The molecule has 0 aromatic rings. The van der Waals surface area contributed by atoms with Crippen LogP contribution in [0.25, 0.3) is 0 Å². The first-order chi connectivity index (χ1) is 9.09. The molecular weight excluding hydrogens is 250 g/mol. The van der Waals surface area contributed by atoms with E-state index in [1.165, 1.54) is 0 Å². The van der Waals surface area contributed by atoms with Gasteiger partial charge in [0.25, 0.3) is 5.91 Å². The molecule has 2 rings (SSSR count). The number of ether oxygens (including phenoxy) is 1. The Morgan fingerprint density at radius 2 is 2.11 bits per heavy atom. The van der Waals surface area contributed by atoms with E-state index in [1.807, 2.05) is 6.92 Å². The van der Waals surface area contributed by atoms with E-state index in [4.69, 9.17) is 4.74 Å². The van der Waals surface area contributed by atoms with Crippen LogP contribution >= 0.6 is 0 Å². The normalized spacial score (nSPS) is 21.6. The third-order valence-electron chi connectivity index (χ3n) is 3.47. The molecule has 2 saturated heterocycles. The average molecular weight is 269 g/mol. The summed E-state index contributed by atoms with van der Waals surface area (Å²) in [5.74, 6) is -0.623. The van der Waals surface area contributed by atoms with Gasteiger partial charge >= 0.3 is 6.03 Å². The Hall–Kier alpha value is -1.63. The molecule has 0 radical (unpaired) electrons. The monoisotopic (exact) mass is 269 g/mol. The minimum Gasteiger partial charge on any atom is -0.381 e. The molecule has 0 unspecified atom stereocenters. The fraction of sp³-hybridized carbons (Fsp3) is 0.750. The Bertz CT molecular complexity index is 390. The number of imide groups is 1. The summed E-state index contributed by atoms with van der Waals surface area (Å²) in [6.45, 7) is 3.16. The number of carbonyl (C=O) groups is 3. The summed E-state index contributed by atoms with van der Waals surface area (Å²) in [4.78, 5) is 36.8. The van der Waals surface area contributed by atoms with Crippen LogP contribution in [0.2, 0.25) is 0 Å². The number of amides is 4. The average Bonchev–Trinajstić information content (AvgIpc) is 2.62. The first-order valence-electron chi connectivity index (χ1n) is 6.57. The van der Waals surface area contributed by atoms with E-state index in [9.17, 15) is 14.4 Å². The highest BCUT2D eigenvalue weighted by molar-refractivity contribution is 6.09. The van der Waals surface area contributed by atoms with E-state index in [1.54, 1.807) is 0 Å². The molecule has 0 aromatic heterocycles. The third kappa shape index (κ3) is 2.70. The Labute approximate surface area is 111 Å². The van der Waals surface area contributed by atoms with Gasteiger partial charge in [0.2, 0.25) is 5.91 Å². The van der Waals surface area contributed by atoms with Gasteiger partial charge in [-0.05, 0) is 6.42 Å². The summed E-state index contributed by atoms with van der Waals surface area (Å²) >= 11 is 0. The van der Waals surface area contributed by atoms with Crippen LogP contribution in [-0.4, -0.2) is 54.6 Å². The molecule has 0 saturated carbocycles. The second kappa shape index (κ2) is 5.56. The maximum atomic E-state index is 12.3. The zero-order valence-corrected chi connectivity index (χ0v) is 11.0. The summed E-state index contributed by atoms with van der Waals surface area (Å²) in [7, 11) is 0. The van der Waals surface area contributed by atoms with Crippen molar-refractivity contribution in [3.05, 3.63) is 0 Å². The first kappa shape index (κ1) is 13.8. The van der Waals surface area contributed by atoms with E-state index in [-0.39, 0.29) is 18.4 Å². The van der Waals surface area contributed by atoms with Crippen LogP contribution in [0.3, 0.4) is 0 Å². The van der Waals surface area contributed by atoms with E-state index in [0.29, 0.717) is 32.6 Å². The van der Waals surface area contributed by atoms with Gasteiger partial charge in [-0.25, -0.2) is 4.79 Å². The fourth-order valence-electron chi connectivity index (χ4n) is 2.34. The SMILES string of the molecule is CCCNC(=O)CN1C(=O)NC2(CCOCC2)C1=O. The molecule has 7 heteroatoms. The number of carbonyl (C=O) groups excluding carboxylic acids is 3. The zero-order valence-electron chi connectivity index (χ0n) is 11.0. The Balaban J connectivity index is 2.00. The van der Waals surface area contributed by atoms with Gasteiger partial charge in [-0.3, -0.25) is 14.5 Å². The number of nitrogens with one attached hydrogen (secondary N) is 2. The molecule has 0 atom stereocenters. The highest BCUT2D eigenvalue weighted by Gasteiger charge is 2.52. The fourth-order valence-corrected chi connectivity index (χ4v) is 2.34. The van der Waals surface area contributed by atoms with Gasteiger partial charge in [-0.2, -0.15) is 0 Å². The number of hydrogen-bond acceptors (Lipinski definition) is 4. The Morgan fingerprint density at radius 3 is 2.74 bits per heavy atom. The van der Waals surface area contributed by atoms with Crippen molar-refractivity contribution in [1.29, 1.82) is 0 Å². The van der Waals surface area contributed by atoms with Crippen LogP contribution in [-0.2, 0) is 14.3 Å². The quantitative estimate of drug-likeness (QED) is 0.681. The number of urea groups is 1. The standard InChI is InChI=1S/C12H19N3O4/c1-2-5-13-9(16)8-15-10(17)12(14-11(15)18)3-6-19-7-4-12/h2-8H2,1H3,(H,13,16)(H,14,18). The molecule has 2 N–H and O–H groups in total. The number of hydrogen-bond donors (Lipinski definition) is 2. The van der Waals surface area contributed by atoms with Crippen LogP contribution in [0, 0.1) is 0 Å². The molecule has 19 heavy (non-hydrogen) atoms. The maximum Gasteiger partial charge on any atom is 0.325 e. The highest BCUT2D eigenvalue weighted by Crippen LogP contribution is 2.28. The number of nitrogens with zero attached hydrogens (tertiary/aromatic N) is 1. The second-order valence-electron chi connectivity index (χ2n) is 4.87. The van der Waals surface area contributed by atoms with Crippen molar-refractivity contribution in [2.75, 3.05) is 26.3 Å². The van der Waals surface area contributed by atoms with E-state index < -0.39 is 11.6 Å². The van der Waals surface area contributed by atoms with E-state index in [0.717, 1.165) is 11.3 Å². The lowest BCUT2D eigenvalue weighted by Crippen LogP contribution is -2.51. The smallest absolute Gasteiger partial charge is 0.325 e. The summed E-state index contributed by atoms with van der Waals surface area (Å²) < 4.78 is 5.21. The molecule has 0 aromatic carbocycles. The molecule has 0 bridgehead atoms. The van der Waals surface area contributed by atoms with Crippen LogP contribution in [0.5, 0.6) is 0 Å². The molecule has 1 spiro atoms.